The molecule has 3 rings (SSSR count). The average Bonchev–Trinajstić information content (AvgIpc) is 2.95. The summed E-state index contributed by atoms with van der Waals surface area (Å²) in [5, 5.41) is 3.19. The van der Waals surface area contributed by atoms with Crippen LogP contribution in [0.15, 0.2) is 30.9 Å². The van der Waals surface area contributed by atoms with Crippen molar-refractivity contribution in [1.82, 2.24) is 24.5 Å². The second kappa shape index (κ2) is 6.61. The summed E-state index contributed by atoms with van der Waals surface area (Å²) < 4.78 is 2.00. The number of nitrogen functional groups attached to an aromatic ring is 1. The van der Waals surface area contributed by atoms with Crippen LogP contribution >= 0.6 is 11.8 Å². The summed E-state index contributed by atoms with van der Waals surface area (Å²) in [6.45, 7) is 1.46. The molecule has 8 heteroatoms. The van der Waals surface area contributed by atoms with Crippen molar-refractivity contribution in [3.63, 3.8) is 0 Å². The molecule has 22 heavy (non-hydrogen) atoms. The first-order valence-electron chi connectivity index (χ1n) is 6.88. The first kappa shape index (κ1) is 14.6. The van der Waals surface area contributed by atoms with Crippen molar-refractivity contribution < 1.29 is 0 Å². The van der Waals surface area contributed by atoms with E-state index in [-0.39, 0.29) is 0 Å². The number of pyridine rings is 1. The lowest BCUT2D eigenvalue weighted by Gasteiger charge is -2.07. The van der Waals surface area contributed by atoms with Gasteiger partial charge in [0.25, 0.3) is 0 Å². The number of nitrogens with one attached hydrogen (secondary N) is 1. The Bertz CT molecular complexity index is 756. The third-order valence-electron chi connectivity index (χ3n) is 3.23. The summed E-state index contributed by atoms with van der Waals surface area (Å²) >= 11 is 1.78. The van der Waals surface area contributed by atoms with Crippen LogP contribution in [0.4, 0.5) is 11.8 Å². The van der Waals surface area contributed by atoms with Crippen LogP contribution in [0.1, 0.15) is 5.56 Å². The van der Waals surface area contributed by atoms with Gasteiger partial charge in [-0.1, -0.05) is 0 Å². The molecule has 0 aliphatic carbocycles. The fraction of sp³-hybridized carbons (Fsp3) is 0.286. The zero-order valence-corrected chi connectivity index (χ0v) is 13.0. The fourth-order valence-corrected chi connectivity index (χ4v) is 2.46. The normalized spacial score (nSPS) is 11.0. The Morgan fingerprint density at radius 2 is 2.09 bits per heavy atom. The van der Waals surface area contributed by atoms with E-state index in [0.29, 0.717) is 23.8 Å². The predicted octanol–water partition coefficient (Wildman–Crippen LogP) is 1.78. The maximum atomic E-state index is 5.99. The fourth-order valence-electron chi connectivity index (χ4n) is 2.08. The molecule has 3 N–H and O–H groups in total. The Balaban J connectivity index is 1.83. The molecule has 3 heterocycles. The Kier molecular flexibility index (Phi) is 4.38. The van der Waals surface area contributed by atoms with Gasteiger partial charge in [0.1, 0.15) is 5.52 Å². The summed E-state index contributed by atoms with van der Waals surface area (Å²) in [7, 11) is 0. The zero-order valence-electron chi connectivity index (χ0n) is 12.2. The van der Waals surface area contributed by atoms with Crippen molar-refractivity contribution in [3.05, 3.63) is 36.4 Å². The molecule has 0 aliphatic rings. The van der Waals surface area contributed by atoms with Gasteiger partial charge in [0.2, 0.25) is 5.95 Å². The number of nitrogens with zero attached hydrogens (tertiary/aromatic N) is 5. The van der Waals surface area contributed by atoms with Gasteiger partial charge in [-0.3, -0.25) is 4.98 Å². The minimum absolute atomic E-state index is 0.394. The van der Waals surface area contributed by atoms with E-state index in [4.69, 9.17) is 5.73 Å². The molecule has 0 bridgehead atoms. The number of nitrogens with two attached hydrogens (primary N) is 1. The van der Waals surface area contributed by atoms with E-state index in [9.17, 15) is 0 Å². The average molecular weight is 315 g/mol. The summed E-state index contributed by atoms with van der Waals surface area (Å²) in [5.74, 6) is 1.90. The smallest absolute Gasteiger partial charge is 0.227 e. The number of aromatic nitrogens is 5. The Hall–Kier alpha value is -2.35. The number of thioether (sulfide) groups is 1. The summed E-state index contributed by atoms with van der Waals surface area (Å²) in [4.78, 5) is 17.1. The van der Waals surface area contributed by atoms with Crippen molar-refractivity contribution in [3.8, 4) is 0 Å². The van der Waals surface area contributed by atoms with Gasteiger partial charge in [-0.15, -0.1) is 0 Å². The van der Waals surface area contributed by atoms with Crippen LogP contribution in [0.25, 0.3) is 11.2 Å². The van der Waals surface area contributed by atoms with Crippen LogP contribution in [0, 0.1) is 0 Å². The van der Waals surface area contributed by atoms with Gasteiger partial charge < -0.3 is 15.6 Å². The highest BCUT2D eigenvalue weighted by Gasteiger charge is 2.11. The molecule has 0 saturated carbocycles. The first-order valence-corrected chi connectivity index (χ1v) is 8.27. The third-order valence-corrected chi connectivity index (χ3v) is 3.82. The van der Waals surface area contributed by atoms with Crippen molar-refractivity contribution in [2.75, 3.05) is 23.1 Å². The quantitative estimate of drug-likeness (QED) is 0.716. The predicted molar refractivity (Wildman–Crippen MR) is 89.7 cm³/mol. The third kappa shape index (κ3) is 3.11. The number of imidazole rings is 1. The SMILES string of the molecule is CSCCn1cnc2c(N)nc(NCc3ccncc3)nc21. The summed E-state index contributed by atoms with van der Waals surface area (Å²) in [6.07, 6.45) is 7.35. The summed E-state index contributed by atoms with van der Waals surface area (Å²) in [5.41, 5.74) is 8.50. The molecule has 0 aliphatic heterocycles. The number of hydrogen-bond acceptors (Lipinski definition) is 7. The van der Waals surface area contributed by atoms with E-state index < -0.39 is 0 Å². The minimum Gasteiger partial charge on any atom is -0.382 e. The van der Waals surface area contributed by atoms with Crippen LogP contribution in [0.5, 0.6) is 0 Å². The molecule has 0 aromatic carbocycles. The van der Waals surface area contributed by atoms with E-state index in [0.717, 1.165) is 23.5 Å². The summed E-state index contributed by atoms with van der Waals surface area (Å²) in [6, 6.07) is 3.88. The van der Waals surface area contributed by atoms with E-state index in [1.165, 1.54) is 0 Å². The van der Waals surface area contributed by atoms with Crippen molar-refractivity contribution in [2.45, 2.75) is 13.1 Å². The monoisotopic (exact) mass is 315 g/mol. The number of fused-ring (bicyclic) bond motifs is 1. The van der Waals surface area contributed by atoms with Crippen molar-refractivity contribution in [2.24, 2.45) is 0 Å². The lowest BCUT2D eigenvalue weighted by atomic mass is 10.3. The highest BCUT2D eigenvalue weighted by molar-refractivity contribution is 7.98. The van der Waals surface area contributed by atoms with Gasteiger partial charge in [0, 0.05) is 31.2 Å². The molecular weight excluding hydrogens is 298 g/mol. The van der Waals surface area contributed by atoms with Crippen LogP contribution in [0.3, 0.4) is 0 Å². The molecule has 0 saturated heterocycles. The molecule has 0 amide bonds. The molecule has 7 nitrogen and oxygen atoms in total. The molecule has 0 atom stereocenters. The van der Waals surface area contributed by atoms with Gasteiger partial charge in [-0.05, 0) is 24.0 Å². The van der Waals surface area contributed by atoms with Crippen LogP contribution in [0.2, 0.25) is 0 Å². The van der Waals surface area contributed by atoms with Crippen LogP contribution < -0.4 is 11.1 Å². The van der Waals surface area contributed by atoms with Gasteiger partial charge in [-0.2, -0.15) is 21.7 Å². The highest BCUT2D eigenvalue weighted by Crippen LogP contribution is 2.18. The number of aryl methyl sites for hydroxylation is 1. The van der Waals surface area contributed by atoms with Gasteiger partial charge >= 0.3 is 0 Å². The topological polar surface area (TPSA) is 94.5 Å². The molecule has 114 valence electrons. The second-order valence-corrected chi connectivity index (χ2v) is 5.73. The van der Waals surface area contributed by atoms with Crippen LogP contribution in [-0.4, -0.2) is 36.5 Å². The van der Waals surface area contributed by atoms with E-state index >= 15 is 0 Å². The van der Waals surface area contributed by atoms with E-state index in [1.54, 1.807) is 30.5 Å². The number of hydrogen-bond donors (Lipinski definition) is 2. The molecule has 0 radical (unpaired) electrons. The lowest BCUT2D eigenvalue weighted by Crippen LogP contribution is -2.07. The first-order chi connectivity index (χ1) is 10.8. The lowest BCUT2D eigenvalue weighted by molar-refractivity contribution is 0.787. The minimum atomic E-state index is 0.394. The molecule has 0 spiro atoms. The number of anilines is 2. The van der Waals surface area contributed by atoms with Gasteiger partial charge in [0.05, 0.1) is 6.33 Å². The second-order valence-electron chi connectivity index (χ2n) is 4.74. The van der Waals surface area contributed by atoms with Crippen molar-refractivity contribution in [1.29, 1.82) is 0 Å². The molecule has 0 fully saturated rings. The van der Waals surface area contributed by atoms with Gasteiger partial charge in [0.15, 0.2) is 11.5 Å². The van der Waals surface area contributed by atoms with E-state index in [2.05, 4.69) is 31.5 Å². The number of rotatable bonds is 6. The van der Waals surface area contributed by atoms with Crippen LogP contribution in [-0.2, 0) is 13.1 Å². The largest absolute Gasteiger partial charge is 0.382 e. The molecular formula is C14H17N7S. The maximum Gasteiger partial charge on any atom is 0.227 e. The molecule has 0 unspecified atom stereocenters. The Morgan fingerprint density at radius 3 is 2.86 bits per heavy atom. The van der Waals surface area contributed by atoms with E-state index in [1.807, 2.05) is 16.7 Å². The Morgan fingerprint density at radius 1 is 1.27 bits per heavy atom. The molecule has 3 aromatic heterocycles. The highest BCUT2D eigenvalue weighted by atomic mass is 32.2. The molecule has 3 aromatic rings. The maximum absolute atomic E-state index is 5.99. The standard InChI is InChI=1S/C14H17N7S/c1-22-7-6-21-9-18-11-12(15)19-14(20-13(11)21)17-8-10-2-4-16-5-3-10/h2-5,9H,6-8H2,1H3,(H3,15,17,19,20). The zero-order chi connectivity index (χ0) is 15.4. The van der Waals surface area contributed by atoms with Gasteiger partial charge in [-0.25, -0.2) is 4.98 Å². The van der Waals surface area contributed by atoms with Crippen molar-refractivity contribution >= 4 is 34.7 Å². The Labute approximate surface area is 132 Å².